The summed E-state index contributed by atoms with van der Waals surface area (Å²) in [6.45, 7) is 4.51. The quantitative estimate of drug-likeness (QED) is 0.372. The lowest BCUT2D eigenvalue weighted by atomic mass is 9.73. The number of fused-ring (bicyclic) bond motifs is 2. The standard InChI is InChI=1S/C28H20N4/c1-28(2)22-10-4-7-13-25(22)32(26-14-8-5-11-23(26)28)24-12-6-3-9-21(24)27-20(17-30)15-19(16-29)18-31-27/h3-15,18H,1-2H3. The number of rotatable bonds is 2. The third-order valence-electron chi connectivity index (χ3n) is 6.17. The van der Waals surface area contributed by atoms with Gasteiger partial charge in [-0.3, -0.25) is 4.98 Å². The van der Waals surface area contributed by atoms with Crippen molar-refractivity contribution >= 4 is 17.1 Å². The highest BCUT2D eigenvalue weighted by Gasteiger charge is 2.37. The average Bonchev–Trinajstić information content (AvgIpc) is 2.84. The van der Waals surface area contributed by atoms with Gasteiger partial charge in [-0.25, -0.2) is 0 Å². The summed E-state index contributed by atoms with van der Waals surface area (Å²) in [7, 11) is 0. The summed E-state index contributed by atoms with van der Waals surface area (Å²) in [6.07, 6.45) is 1.52. The fourth-order valence-corrected chi connectivity index (χ4v) is 4.62. The first-order chi connectivity index (χ1) is 15.6. The fraction of sp³-hybridized carbons (Fsp3) is 0.107. The molecule has 0 amide bonds. The molecule has 1 aliphatic heterocycles. The van der Waals surface area contributed by atoms with Crippen molar-refractivity contribution in [2.45, 2.75) is 19.3 Å². The number of para-hydroxylation sites is 3. The van der Waals surface area contributed by atoms with E-state index in [0.717, 1.165) is 22.6 Å². The first-order valence-electron chi connectivity index (χ1n) is 10.4. The monoisotopic (exact) mass is 412 g/mol. The highest BCUT2D eigenvalue weighted by molar-refractivity contribution is 5.92. The van der Waals surface area contributed by atoms with Crippen LogP contribution in [0.5, 0.6) is 0 Å². The van der Waals surface area contributed by atoms with E-state index in [-0.39, 0.29) is 5.41 Å². The van der Waals surface area contributed by atoms with Crippen molar-refractivity contribution in [3.8, 4) is 23.4 Å². The number of hydrogen-bond acceptors (Lipinski definition) is 4. The summed E-state index contributed by atoms with van der Waals surface area (Å²) in [4.78, 5) is 6.77. The van der Waals surface area contributed by atoms with E-state index < -0.39 is 0 Å². The Hall–Kier alpha value is -4.41. The second-order valence-corrected chi connectivity index (χ2v) is 8.36. The van der Waals surface area contributed by atoms with Gasteiger partial charge in [0.15, 0.2) is 0 Å². The van der Waals surface area contributed by atoms with Gasteiger partial charge in [0, 0.05) is 17.2 Å². The molecule has 32 heavy (non-hydrogen) atoms. The molecule has 1 aliphatic rings. The van der Waals surface area contributed by atoms with Crippen LogP contribution in [-0.2, 0) is 5.41 Å². The van der Waals surface area contributed by atoms with Gasteiger partial charge in [0.05, 0.1) is 33.9 Å². The number of aromatic nitrogens is 1. The maximum Gasteiger partial charge on any atom is 0.101 e. The van der Waals surface area contributed by atoms with Crippen molar-refractivity contribution in [3.05, 3.63) is 107 Å². The summed E-state index contributed by atoms with van der Waals surface area (Å²) in [6, 6.07) is 30.8. The number of nitriles is 2. The lowest BCUT2D eigenvalue weighted by Crippen LogP contribution is -2.30. The molecule has 0 fully saturated rings. The zero-order valence-electron chi connectivity index (χ0n) is 17.9. The van der Waals surface area contributed by atoms with Crippen molar-refractivity contribution in [2.75, 3.05) is 4.90 Å². The molecule has 0 atom stereocenters. The minimum atomic E-state index is -0.150. The molecule has 0 bridgehead atoms. The van der Waals surface area contributed by atoms with Gasteiger partial charge in [0.1, 0.15) is 12.1 Å². The minimum Gasteiger partial charge on any atom is -0.309 e. The molecule has 4 aromatic rings. The maximum atomic E-state index is 9.77. The molecular weight excluding hydrogens is 392 g/mol. The highest BCUT2D eigenvalue weighted by atomic mass is 15.2. The van der Waals surface area contributed by atoms with Gasteiger partial charge in [0.25, 0.3) is 0 Å². The normalized spacial score (nSPS) is 13.4. The minimum absolute atomic E-state index is 0.150. The van der Waals surface area contributed by atoms with Crippen LogP contribution < -0.4 is 4.90 Å². The van der Waals surface area contributed by atoms with Crippen LogP contribution >= 0.6 is 0 Å². The van der Waals surface area contributed by atoms with Crippen LogP contribution in [0.25, 0.3) is 11.3 Å². The molecule has 0 spiro atoms. The van der Waals surface area contributed by atoms with Crippen molar-refractivity contribution in [2.24, 2.45) is 0 Å². The summed E-state index contributed by atoms with van der Waals surface area (Å²) in [5.74, 6) is 0. The van der Waals surface area contributed by atoms with Gasteiger partial charge in [0.2, 0.25) is 0 Å². The first kappa shape index (κ1) is 19.5. The number of anilines is 3. The average molecular weight is 412 g/mol. The number of pyridine rings is 1. The van der Waals surface area contributed by atoms with Gasteiger partial charge < -0.3 is 4.90 Å². The molecule has 4 heteroatoms. The molecule has 5 rings (SSSR count). The Bertz CT molecular complexity index is 1390. The van der Waals surface area contributed by atoms with E-state index >= 15 is 0 Å². The zero-order valence-corrected chi connectivity index (χ0v) is 17.9. The molecule has 2 heterocycles. The van der Waals surface area contributed by atoms with Crippen LogP contribution in [0.3, 0.4) is 0 Å². The fourth-order valence-electron chi connectivity index (χ4n) is 4.62. The van der Waals surface area contributed by atoms with Crippen LogP contribution in [-0.4, -0.2) is 4.98 Å². The number of benzene rings is 3. The molecule has 4 nitrogen and oxygen atoms in total. The molecule has 0 radical (unpaired) electrons. The van der Waals surface area contributed by atoms with E-state index in [1.54, 1.807) is 6.07 Å². The summed E-state index contributed by atoms with van der Waals surface area (Å²) in [5.41, 5.74) is 7.66. The van der Waals surface area contributed by atoms with Crippen molar-refractivity contribution in [1.82, 2.24) is 4.98 Å². The van der Waals surface area contributed by atoms with E-state index in [2.05, 4.69) is 90.5 Å². The third kappa shape index (κ3) is 2.86. The van der Waals surface area contributed by atoms with E-state index in [4.69, 9.17) is 0 Å². The number of hydrogen-bond donors (Lipinski definition) is 0. The van der Waals surface area contributed by atoms with Crippen LogP contribution in [0.15, 0.2) is 85.1 Å². The maximum absolute atomic E-state index is 9.77. The van der Waals surface area contributed by atoms with E-state index in [1.807, 2.05) is 18.2 Å². The Morgan fingerprint density at radius 2 is 1.31 bits per heavy atom. The summed E-state index contributed by atoms with van der Waals surface area (Å²) in [5, 5.41) is 19.0. The van der Waals surface area contributed by atoms with Crippen LogP contribution in [0.2, 0.25) is 0 Å². The summed E-state index contributed by atoms with van der Waals surface area (Å²) < 4.78 is 0. The topological polar surface area (TPSA) is 63.7 Å². The van der Waals surface area contributed by atoms with E-state index in [1.165, 1.54) is 17.3 Å². The smallest absolute Gasteiger partial charge is 0.101 e. The van der Waals surface area contributed by atoms with Gasteiger partial charge >= 0.3 is 0 Å². The van der Waals surface area contributed by atoms with Gasteiger partial charge in [-0.15, -0.1) is 0 Å². The summed E-state index contributed by atoms with van der Waals surface area (Å²) >= 11 is 0. The molecule has 0 unspecified atom stereocenters. The Kier molecular flexibility index (Phi) is 4.51. The van der Waals surface area contributed by atoms with E-state index in [9.17, 15) is 10.5 Å². The Balaban J connectivity index is 1.81. The molecular formula is C28H20N4. The van der Waals surface area contributed by atoms with Gasteiger partial charge in [-0.1, -0.05) is 68.4 Å². The van der Waals surface area contributed by atoms with Gasteiger partial charge in [-0.2, -0.15) is 10.5 Å². The SMILES string of the molecule is CC1(C)c2ccccc2N(c2ccccc2-c2ncc(C#N)cc2C#N)c2ccccc21. The second kappa shape index (κ2) is 7.38. The Morgan fingerprint density at radius 1 is 0.750 bits per heavy atom. The van der Waals surface area contributed by atoms with Crippen LogP contribution in [0, 0.1) is 22.7 Å². The van der Waals surface area contributed by atoms with Crippen LogP contribution in [0.4, 0.5) is 17.1 Å². The highest BCUT2D eigenvalue weighted by Crippen LogP contribution is 2.53. The lowest BCUT2D eigenvalue weighted by molar-refractivity contribution is 0.632. The van der Waals surface area contributed by atoms with Crippen molar-refractivity contribution < 1.29 is 0 Å². The van der Waals surface area contributed by atoms with E-state index in [0.29, 0.717) is 16.8 Å². The number of nitrogens with zero attached hydrogens (tertiary/aromatic N) is 4. The Morgan fingerprint density at radius 3 is 1.91 bits per heavy atom. The Labute approximate surface area is 187 Å². The molecule has 0 saturated heterocycles. The molecule has 1 aromatic heterocycles. The lowest BCUT2D eigenvalue weighted by Gasteiger charge is -2.42. The zero-order chi connectivity index (χ0) is 22.3. The first-order valence-corrected chi connectivity index (χ1v) is 10.4. The molecule has 3 aromatic carbocycles. The molecule has 0 aliphatic carbocycles. The van der Waals surface area contributed by atoms with Crippen LogP contribution in [0.1, 0.15) is 36.1 Å². The van der Waals surface area contributed by atoms with Crippen molar-refractivity contribution in [3.63, 3.8) is 0 Å². The second-order valence-electron chi connectivity index (χ2n) is 8.36. The predicted molar refractivity (Wildman–Crippen MR) is 126 cm³/mol. The third-order valence-corrected chi connectivity index (χ3v) is 6.17. The van der Waals surface area contributed by atoms with Crippen molar-refractivity contribution in [1.29, 1.82) is 10.5 Å². The largest absolute Gasteiger partial charge is 0.309 e. The predicted octanol–water partition coefficient (Wildman–Crippen LogP) is 6.60. The molecule has 0 saturated carbocycles. The molecule has 0 N–H and O–H groups in total. The molecule has 152 valence electrons. The van der Waals surface area contributed by atoms with Gasteiger partial charge in [-0.05, 0) is 35.4 Å².